The molecule has 2 aliphatic heterocycles. The van der Waals surface area contributed by atoms with E-state index in [1.54, 1.807) is 0 Å². The second-order valence-corrected chi connectivity index (χ2v) is 5.84. The molecule has 19 heavy (non-hydrogen) atoms. The van der Waals surface area contributed by atoms with Crippen LogP contribution in [0.3, 0.4) is 0 Å². The third-order valence-electron chi connectivity index (χ3n) is 4.26. The lowest BCUT2D eigenvalue weighted by Gasteiger charge is -2.33. The fourth-order valence-electron chi connectivity index (χ4n) is 3.17. The van der Waals surface area contributed by atoms with Gasteiger partial charge in [-0.25, -0.2) is 0 Å². The number of piperidine rings is 2. The van der Waals surface area contributed by atoms with Gasteiger partial charge >= 0.3 is 5.97 Å². The molecular weight excluding hydrogens is 244 g/mol. The van der Waals surface area contributed by atoms with Crippen molar-refractivity contribution in [1.29, 1.82) is 0 Å². The Hall–Kier alpha value is -1.10. The molecule has 0 bridgehead atoms. The van der Waals surface area contributed by atoms with Crippen LogP contribution in [0.15, 0.2) is 0 Å². The smallest absolute Gasteiger partial charge is 0.303 e. The number of carbonyl (C=O) groups is 2. The van der Waals surface area contributed by atoms with Gasteiger partial charge in [0, 0.05) is 25.9 Å². The number of likely N-dealkylation sites (tertiary alicyclic amines) is 1. The Morgan fingerprint density at radius 3 is 2.53 bits per heavy atom. The van der Waals surface area contributed by atoms with E-state index in [-0.39, 0.29) is 18.2 Å². The summed E-state index contributed by atoms with van der Waals surface area (Å²) in [5.74, 6) is 0.122. The lowest BCUT2D eigenvalue weighted by Crippen LogP contribution is -2.42. The maximum absolute atomic E-state index is 12.3. The third-order valence-corrected chi connectivity index (χ3v) is 4.26. The van der Waals surface area contributed by atoms with E-state index in [9.17, 15) is 9.59 Å². The van der Waals surface area contributed by atoms with Crippen molar-refractivity contribution >= 4 is 11.9 Å². The highest BCUT2D eigenvalue weighted by Crippen LogP contribution is 2.23. The summed E-state index contributed by atoms with van der Waals surface area (Å²) in [6, 6.07) is 0. The minimum Gasteiger partial charge on any atom is -0.481 e. The average molecular weight is 268 g/mol. The van der Waals surface area contributed by atoms with Gasteiger partial charge < -0.3 is 15.3 Å². The molecule has 1 unspecified atom stereocenters. The number of aliphatic carboxylic acids is 1. The summed E-state index contributed by atoms with van der Waals surface area (Å²) in [6.07, 6.45) is 4.87. The zero-order valence-corrected chi connectivity index (χ0v) is 11.4. The fourth-order valence-corrected chi connectivity index (χ4v) is 3.17. The van der Waals surface area contributed by atoms with Crippen LogP contribution in [-0.2, 0) is 9.59 Å². The first-order chi connectivity index (χ1) is 9.15. The highest BCUT2D eigenvalue weighted by atomic mass is 16.4. The number of nitrogens with one attached hydrogen (secondary N) is 1. The Morgan fingerprint density at radius 2 is 1.84 bits per heavy atom. The maximum Gasteiger partial charge on any atom is 0.303 e. The van der Waals surface area contributed by atoms with Gasteiger partial charge in [-0.1, -0.05) is 0 Å². The number of carboxylic acid groups (broad SMARTS) is 1. The van der Waals surface area contributed by atoms with E-state index in [1.807, 2.05) is 4.90 Å². The minimum absolute atomic E-state index is 0.142. The Bertz CT molecular complexity index is 327. The molecule has 5 nitrogen and oxygen atoms in total. The van der Waals surface area contributed by atoms with Gasteiger partial charge in [0.05, 0.1) is 0 Å². The molecule has 1 atom stereocenters. The molecule has 0 aromatic rings. The monoisotopic (exact) mass is 268 g/mol. The standard InChI is InChI=1S/C14H24N2O3/c17-13(8-11-3-5-15-6-4-11)16-7-1-2-12(10-16)9-14(18)19/h11-12,15H,1-10H2,(H,18,19). The molecule has 2 saturated heterocycles. The molecule has 2 aliphatic rings. The molecule has 2 N–H and O–H groups in total. The molecule has 0 spiro atoms. The van der Waals surface area contributed by atoms with Crippen LogP contribution in [0.4, 0.5) is 0 Å². The number of carboxylic acids is 1. The highest BCUT2D eigenvalue weighted by molar-refractivity contribution is 5.76. The van der Waals surface area contributed by atoms with E-state index in [4.69, 9.17) is 5.11 Å². The molecule has 2 fully saturated rings. The quantitative estimate of drug-likeness (QED) is 0.801. The molecular formula is C14H24N2O3. The Labute approximate surface area is 114 Å². The summed E-state index contributed by atoms with van der Waals surface area (Å²) in [4.78, 5) is 24.9. The van der Waals surface area contributed by atoms with Gasteiger partial charge in [0.15, 0.2) is 0 Å². The second kappa shape index (κ2) is 6.89. The summed E-state index contributed by atoms with van der Waals surface area (Å²) < 4.78 is 0. The topological polar surface area (TPSA) is 69.6 Å². The van der Waals surface area contributed by atoms with Gasteiger partial charge in [-0.15, -0.1) is 0 Å². The molecule has 1 amide bonds. The van der Waals surface area contributed by atoms with Crippen LogP contribution >= 0.6 is 0 Å². The van der Waals surface area contributed by atoms with Crippen molar-refractivity contribution in [2.24, 2.45) is 11.8 Å². The zero-order valence-electron chi connectivity index (χ0n) is 11.4. The third kappa shape index (κ3) is 4.49. The number of hydrogen-bond donors (Lipinski definition) is 2. The van der Waals surface area contributed by atoms with Crippen molar-refractivity contribution in [3.63, 3.8) is 0 Å². The van der Waals surface area contributed by atoms with Gasteiger partial charge in [-0.3, -0.25) is 9.59 Å². The van der Waals surface area contributed by atoms with Crippen molar-refractivity contribution in [3.8, 4) is 0 Å². The number of nitrogens with zero attached hydrogens (tertiary/aromatic N) is 1. The van der Waals surface area contributed by atoms with Crippen LogP contribution in [-0.4, -0.2) is 48.1 Å². The first-order valence-corrected chi connectivity index (χ1v) is 7.35. The molecule has 2 rings (SSSR count). The first-order valence-electron chi connectivity index (χ1n) is 7.35. The normalized spacial score (nSPS) is 25.3. The fraction of sp³-hybridized carbons (Fsp3) is 0.857. The van der Waals surface area contributed by atoms with Crippen molar-refractivity contribution < 1.29 is 14.7 Å². The van der Waals surface area contributed by atoms with Crippen LogP contribution < -0.4 is 5.32 Å². The molecule has 0 aliphatic carbocycles. The number of amides is 1. The molecule has 0 aromatic heterocycles. The van der Waals surface area contributed by atoms with E-state index < -0.39 is 5.97 Å². The number of hydrogen-bond acceptors (Lipinski definition) is 3. The molecule has 2 heterocycles. The lowest BCUT2D eigenvalue weighted by molar-refractivity contribution is -0.141. The maximum atomic E-state index is 12.3. The summed E-state index contributed by atoms with van der Waals surface area (Å²) in [7, 11) is 0. The van der Waals surface area contributed by atoms with Gasteiger partial charge in [0.2, 0.25) is 5.91 Å². The first kappa shape index (κ1) is 14.3. The predicted octanol–water partition coefficient (Wildman–Crippen LogP) is 1.09. The molecule has 108 valence electrons. The second-order valence-electron chi connectivity index (χ2n) is 5.84. The lowest BCUT2D eigenvalue weighted by atomic mass is 9.91. The molecule has 0 aromatic carbocycles. The van der Waals surface area contributed by atoms with E-state index in [0.717, 1.165) is 45.3 Å². The Balaban J connectivity index is 1.79. The van der Waals surface area contributed by atoms with Gasteiger partial charge in [-0.05, 0) is 50.6 Å². The van der Waals surface area contributed by atoms with E-state index in [0.29, 0.717) is 18.9 Å². The van der Waals surface area contributed by atoms with E-state index in [2.05, 4.69) is 5.32 Å². The molecule has 0 saturated carbocycles. The van der Waals surface area contributed by atoms with Crippen LogP contribution in [0.2, 0.25) is 0 Å². The van der Waals surface area contributed by atoms with Crippen molar-refractivity contribution in [1.82, 2.24) is 10.2 Å². The van der Waals surface area contributed by atoms with E-state index in [1.165, 1.54) is 0 Å². The van der Waals surface area contributed by atoms with Crippen LogP contribution in [0.25, 0.3) is 0 Å². The van der Waals surface area contributed by atoms with Gasteiger partial charge in [0.1, 0.15) is 0 Å². The van der Waals surface area contributed by atoms with Crippen molar-refractivity contribution in [3.05, 3.63) is 0 Å². The van der Waals surface area contributed by atoms with E-state index >= 15 is 0 Å². The largest absolute Gasteiger partial charge is 0.481 e. The molecule has 5 heteroatoms. The van der Waals surface area contributed by atoms with Crippen LogP contribution in [0.5, 0.6) is 0 Å². The van der Waals surface area contributed by atoms with Gasteiger partial charge in [0.25, 0.3) is 0 Å². The summed E-state index contributed by atoms with van der Waals surface area (Å²) in [5.41, 5.74) is 0. The minimum atomic E-state index is -0.752. The Kier molecular flexibility index (Phi) is 5.19. The Morgan fingerprint density at radius 1 is 1.11 bits per heavy atom. The van der Waals surface area contributed by atoms with Gasteiger partial charge in [-0.2, -0.15) is 0 Å². The van der Waals surface area contributed by atoms with Crippen molar-refractivity contribution in [2.45, 2.75) is 38.5 Å². The SMILES string of the molecule is O=C(O)CC1CCCN(C(=O)CC2CCNCC2)C1. The van der Waals surface area contributed by atoms with Crippen molar-refractivity contribution in [2.75, 3.05) is 26.2 Å². The number of carbonyl (C=O) groups excluding carboxylic acids is 1. The number of rotatable bonds is 4. The average Bonchev–Trinajstić information content (AvgIpc) is 2.39. The molecule has 0 radical (unpaired) electrons. The van der Waals surface area contributed by atoms with Crippen LogP contribution in [0.1, 0.15) is 38.5 Å². The summed E-state index contributed by atoms with van der Waals surface area (Å²) in [5, 5.41) is 12.1. The van der Waals surface area contributed by atoms with Crippen LogP contribution in [0, 0.1) is 11.8 Å². The summed E-state index contributed by atoms with van der Waals surface area (Å²) >= 11 is 0. The summed E-state index contributed by atoms with van der Waals surface area (Å²) in [6.45, 7) is 3.47. The predicted molar refractivity (Wildman–Crippen MR) is 71.8 cm³/mol. The zero-order chi connectivity index (χ0) is 13.7. The highest BCUT2D eigenvalue weighted by Gasteiger charge is 2.27.